The zero-order valence-electron chi connectivity index (χ0n) is 19.9. The molecule has 2 aliphatic carbocycles. The van der Waals surface area contributed by atoms with Crippen LogP contribution in [0.2, 0.25) is 5.02 Å². The lowest BCUT2D eigenvalue weighted by atomic mass is 9.69. The van der Waals surface area contributed by atoms with E-state index in [-0.39, 0.29) is 39.9 Å². The molecule has 4 rings (SSSR count). The number of sulfone groups is 1. The number of aliphatic hydroxyl groups is 2. The number of fused-ring (bicyclic) bond motifs is 2. The summed E-state index contributed by atoms with van der Waals surface area (Å²) >= 11 is 6.26. The molecule has 3 N–H and O–H groups in total. The monoisotopic (exact) mass is 545 g/mol. The Hall–Kier alpha value is -2.14. The summed E-state index contributed by atoms with van der Waals surface area (Å²) in [6, 6.07) is 4.82. The number of carbonyl (C=O) groups is 1. The molecule has 3 unspecified atom stereocenters. The predicted molar refractivity (Wildman–Crippen MR) is 128 cm³/mol. The molecule has 0 radical (unpaired) electrons. The van der Waals surface area contributed by atoms with Gasteiger partial charge in [0.2, 0.25) is 0 Å². The molecule has 0 heterocycles. The first-order chi connectivity index (χ1) is 16.5. The SMILES string of the molecule is C[C@H]1CC2C[C@](O)(C(C)(C)O)CC1C2S(=O)(=O)c1cc(C(=O)Nc2cc(F)c(F)c(F)c2)ccc1Cl. The van der Waals surface area contributed by atoms with E-state index in [1.54, 1.807) is 0 Å². The zero-order valence-corrected chi connectivity index (χ0v) is 21.4. The number of nitrogens with one attached hydrogen (secondary N) is 1. The average Bonchev–Trinajstić information content (AvgIpc) is 2.98. The number of benzene rings is 2. The molecule has 2 fully saturated rings. The van der Waals surface area contributed by atoms with Crippen LogP contribution in [0.25, 0.3) is 0 Å². The molecule has 0 saturated heterocycles. The van der Waals surface area contributed by atoms with Crippen molar-refractivity contribution in [1.82, 2.24) is 0 Å². The van der Waals surface area contributed by atoms with Crippen LogP contribution in [0.5, 0.6) is 0 Å². The van der Waals surface area contributed by atoms with Crippen molar-refractivity contribution in [3.8, 4) is 0 Å². The van der Waals surface area contributed by atoms with Crippen LogP contribution < -0.4 is 5.32 Å². The molecular weight excluding hydrogens is 519 g/mol. The van der Waals surface area contributed by atoms with Gasteiger partial charge in [0, 0.05) is 23.4 Å². The number of anilines is 1. The molecule has 11 heteroatoms. The summed E-state index contributed by atoms with van der Waals surface area (Å²) in [6.07, 6.45) is 0.741. The first-order valence-electron chi connectivity index (χ1n) is 11.5. The third kappa shape index (κ3) is 4.53. The Bertz CT molecular complexity index is 1310. The van der Waals surface area contributed by atoms with Gasteiger partial charge in [0.25, 0.3) is 5.91 Å². The minimum Gasteiger partial charge on any atom is -0.387 e. The molecule has 0 aliphatic heterocycles. The summed E-state index contributed by atoms with van der Waals surface area (Å²) in [5.41, 5.74) is -3.34. The maximum absolute atomic E-state index is 13.8. The van der Waals surface area contributed by atoms with Gasteiger partial charge in [-0.25, -0.2) is 21.6 Å². The molecule has 0 aromatic heterocycles. The van der Waals surface area contributed by atoms with Gasteiger partial charge in [-0.1, -0.05) is 18.5 Å². The number of amides is 1. The highest BCUT2D eigenvalue weighted by molar-refractivity contribution is 7.92. The topological polar surface area (TPSA) is 104 Å². The van der Waals surface area contributed by atoms with Crippen molar-refractivity contribution in [1.29, 1.82) is 0 Å². The van der Waals surface area contributed by atoms with E-state index in [0.717, 1.165) is 6.07 Å². The third-order valence-electron chi connectivity index (χ3n) is 7.70. The fraction of sp³-hybridized carbons (Fsp3) is 0.480. The minimum absolute atomic E-state index is 0.0281. The third-order valence-corrected chi connectivity index (χ3v) is 10.5. The molecule has 2 aromatic carbocycles. The van der Waals surface area contributed by atoms with Crippen LogP contribution in [0.4, 0.5) is 18.9 Å². The van der Waals surface area contributed by atoms with Crippen LogP contribution in [0.3, 0.4) is 0 Å². The smallest absolute Gasteiger partial charge is 0.255 e. The predicted octanol–water partition coefficient (Wildman–Crippen LogP) is 4.72. The lowest BCUT2D eigenvalue weighted by molar-refractivity contribution is -0.160. The molecule has 0 spiro atoms. The standard InChI is InChI=1S/C25H27ClF3NO5S/c1-12-6-14-10-25(33,24(2,3)32)11-16(12)22(14)36(34,35)20-7-13(4-5-17(20)26)23(31)30-15-8-18(27)21(29)19(28)9-15/h4-5,7-9,12,14,16,22,32-33H,6,10-11H2,1-3H3,(H,30,31)/t12-,14?,16?,22?,25+/m0/s1. The largest absolute Gasteiger partial charge is 0.387 e. The van der Waals surface area contributed by atoms with Crippen LogP contribution in [0.1, 0.15) is 50.4 Å². The van der Waals surface area contributed by atoms with E-state index in [4.69, 9.17) is 11.6 Å². The molecule has 196 valence electrons. The van der Waals surface area contributed by atoms with Crippen LogP contribution >= 0.6 is 11.6 Å². The number of hydrogen-bond donors (Lipinski definition) is 3. The normalized spacial score (nSPS) is 28.2. The Kier molecular flexibility index (Phi) is 6.73. The van der Waals surface area contributed by atoms with Crippen LogP contribution in [0, 0.1) is 35.2 Å². The molecule has 2 bridgehead atoms. The summed E-state index contributed by atoms with van der Waals surface area (Å²) in [6.45, 7) is 4.92. The van der Waals surface area contributed by atoms with Gasteiger partial charge in [-0.3, -0.25) is 4.79 Å². The van der Waals surface area contributed by atoms with E-state index in [1.165, 1.54) is 26.0 Å². The van der Waals surface area contributed by atoms with Gasteiger partial charge >= 0.3 is 0 Å². The summed E-state index contributed by atoms with van der Waals surface area (Å²) in [5.74, 6) is -6.43. The van der Waals surface area contributed by atoms with Gasteiger partial charge in [-0.05, 0) is 69.1 Å². The minimum atomic E-state index is -4.08. The van der Waals surface area contributed by atoms with Gasteiger partial charge in [-0.15, -0.1) is 0 Å². The lowest BCUT2D eigenvalue weighted by Gasteiger charge is -2.47. The van der Waals surface area contributed by atoms with Crippen molar-refractivity contribution < 1.29 is 36.6 Å². The summed E-state index contributed by atoms with van der Waals surface area (Å²) in [7, 11) is -4.08. The van der Waals surface area contributed by atoms with Gasteiger partial charge in [0.05, 0.1) is 26.4 Å². The van der Waals surface area contributed by atoms with Crippen LogP contribution in [0.15, 0.2) is 35.2 Å². The second kappa shape index (κ2) is 9.01. The first kappa shape index (κ1) is 26.9. The number of halogens is 4. The Balaban J connectivity index is 1.66. The lowest BCUT2D eigenvalue weighted by Crippen LogP contribution is -2.57. The van der Waals surface area contributed by atoms with Crippen molar-refractivity contribution in [2.24, 2.45) is 17.8 Å². The Morgan fingerprint density at radius 3 is 2.31 bits per heavy atom. The Labute approximate surface area is 212 Å². The van der Waals surface area contributed by atoms with E-state index in [9.17, 15) is 36.6 Å². The maximum atomic E-state index is 13.8. The molecule has 6 nitrogen and oxygen atoms in total. The molecule has 2 aromatic rings. The summed E-state index contributed by atoms with van der Waals surface area (Å²) < 4.78 is 67.9. The summed E-state index contributed by atoms with van der Waals surface area (Å²) in [5, 5.41) is 22.9. The van der Waals surface area contributed by atoms with Gasteiger partial charge in [0.1, 0.15) is 0 Å². The highest BCUT2D eigenvalue weighted by Gasteiger charge is 2.60. The van der Waals surface area contributed by atoms with E-state index in [0.29, 0.717) is 18.6 Å². The van der Waals surface area contributed by atoms with E-state index >= 15 is 0 Å². The van der Waals surface area contributed by atoms with Gasteiger partial charge in [-0.2, -0.15) is 0 Å². The van der Waals surface area contributed by atoms with E-state index in [2.05, 4.69) is 5.32 Å². The number of carbonyl (C=O) groups excluding carboxylic acids is 1. The maximum Gasteiger partial charge on any atom is 0.255 e. The number of rotatable bonds is 5. The quantitative estimate of drug-likeness (QED) is 0.472. The van der Waals surface area contributed by atoms with Crippen molar-refractivity contribution in [3.05, 3.63) is 58.4 Å². The van der Waals surface area contributed by atoms with E-state index in [1.807, 2.05) is 6.92 Å². The summed E-state index contributed by atoms with van der Waals surface area (Å²) in [4.78, 5) is 12.5. The van der Waals surface area contributed by atoms with Crippen LogP contribution in [-0.4, -0.2) is 41.0 Å². The van der Waals surface area contributed by atoms with Gasteiger partial charge in [0.15, 0.2) is 27.3 Å². The second-order valence-electron chi connectivity index (χ2n) is 10.5. The van der Waals surface area contributed by atoms with Gasteiger partial charge < -0.3 is 15.5 Å². The molecule has 1 amide bonds. The number of hydrogen-bond acceptors (Lipinski definition) is 5. The molecule has 2 aliphatic rings. The fourth-order valence-electron chi connectivity index (χ4n) is 5.71. The zero-order chi connectivity index (χ0) is 26.8. The molecular formula is C25H27ClF3NO5S. The fourth-order valence-corrected chi connectivity index (χ4v) is 8.61. The van der Waals surface area contributed by atoms with Crippen molar-refractivity contribution in [2.75, 3.05) is 5.32 Å². The van der Waals surface area contributed by atoms with Crippen molar-refractivity contribution in [2.45, 2.75) is 61.4 Å². The second-order valence-corrected chi connectivity index (χ2v) is 13.0. The Morgan fingerprint density at radius 2 is 1.75 bits per heavy atom. The van der Waals surface area contributed by atoms with Crippen LogP contribution in [-0.2, 0) is 9.84 Å². The van der Waals surface area contributed by atoms with Crippen molar-refractivity contribution in [3.63, 3.8) is 0 Å². The van der Waals surface area contributed by atoms with E-state index < -0.39 is 61.5 Å². The molecule has 2 saturated carbocycles. The molecule has 36 heavy (non-hydrogen) atoms. The van der Waals surface area contributed by atoms with Crippen molar-refractivity contribution >= 4 is 33.0 Å². The highest BCUT2D eigenvalue weighted by Crippen LogP contribution is 2.56. The highest BCUT2D eigenvalue weighted by atomic mass is 35.5. The Morgan fingerprint density at radius 1 is 1.14 bits per heavy atom. The molecule has 5 atom stereocenters. The average molecular weight is 546 g/mol. The first-order valence-corrected chi connectivity index (χ1v) is 13.4.